The standard InChI is InChI=1S/C27H26N4OS/c1-18-13-14-20(17-19(18)2)30-16-8-11-23(30)26-25(21-9-6-7-15-28-21)29-27(33)31(26)22-10-4-5-12-24(22)32-3/h4-17,25-26H,1-3H3,(H,29,33)/t25-,26-/m0/s1. The van der Waals surface area contributed by atoms with Crippen LogP contribution in [-0.4, -0.2) is 21.8 Å². The third kappa shape index (κ3) is 3.76. The molecule has 2 aromatic heterocycles. The molecule has 5 rings (SSSR count). The van der Waals surface area contributed by atoms with Crippen LogP contribution in [0.15, 0.2) is 85.2 Å². The number of pyridine rings is 1. The summed E-state index contributed by atoms with van der Waals surface area (Å²) in [6.07, 6.45) is 3.93. The van der Waals surface area contributed by atoms with Gasteiger partial charge in [0.15, 0.2) is 5.11 Å². The smallest absolute Gasteiger partial charge is 0.174 e. The first-order valence-electron chi connectivity index (χ1n) is 11.0. The number of hydrogen-bond acceptors (Lipinski definition) is 3. The molecular formula is C27H26N4OS. The Kier molecular flexibility index (Phi) is 5.60. The molecule has 0 spiro atoms. The molecule has 6 heteroatoms. The van der Waals surface area contributed by atoms with Crippen LogP contribution < -0.4 is 15.0 Å². The van der Waals surface area contributed by atoms with Crippen molar-refractivity contribution in [1.82, 2.24) is 14.9 Å². The van der Waals surface area contributed by atoms with E-state index in [4.69, 9.17) is 17.0 Å². The monoisotopic (exact) mass is 454 g/mol. The Morgan fingerprint density at radius 3 is 2.52 bits per heavy atom. The summed E-state index contributed by atoms with van der Waals surface area (Å²) in [5, 5.41) is 4.18. The second-order valence-corrected chi connectivity index (χ2v) is 8.63. The van der Waals surface area contributed by atoms with Crippen molar-refractivity contribution in [1.29, 1.82) is 0 Å². The number of ether oxygens (including phenoxy) is 1. The van der Waals surface area contributed by atoms with Crippen LogP contribution in [0.4, 0.5) is 5.69 Å². The molecule has 0 amide bonds. The minimum absolute atomic E-state index is 0.121. The van der Waals surface area contributed by atoms with Crippen LogP contribution in [0.2, 0.25) is 0 Å². The Morgan fingerprint density at radius 1 is 0.939 bits per heavy atom. The Balaban J connectivity index is 1.69. The van der Waals surface area contributed by atoms with Gasteiger partial charge in [0.2, 0.25) is 0 Å². The van der Waals surface area contributed by atoms with Gasteiger partial charge in [0.05, 0.1) is 24.5 Å². The third-order valence-electron chi connectivity index (χ3n) is 6.29. The average Bonchev–Trinajstić information content (AvgIpc) is 3.45. The molecule has 4 aromatic rings. The van der Waals surface area contributed by atoms with E-state index in [1.54, 1.807) is 7.11 Å². The van der Waals surface area contributed by atoms with Gasteiger partial charge in [-0.3, -0.25) is 4.98 Å². The van der Waals surface area contributed by atoms with E-state index in [9.17, 15) is 0 Å². The van der Waals surface area contributed by atoms with Gasteiger partial charge in [-0.15, -0.1) is 0 Å². The van der Waals surface area contributed by atoms with Crippen molar-refractivity contribution in [2.45, 2.75) is 25.9 Å². The molecule has 1 aliphatic heterocycles. The quantitative estimate of drug-likeness (QED) is 0.393. The SMILES string of the molecule is COc1ccccc1N1C(=S)N[C@@H](c2ccccn2)[C@@H]1c1cccn1-c1ccc(C)c(C)c1. The van der Waals surface area contributed by atoms with Gasteiger partial charge in [0.1, 0.15) is 11.8 Å². The number of aromatic nitrogens is 2. The van der Waals surface area contributed by atoms with Crippen LogP contribution in [0.3, 0.4) is 0 Å². The predicted octanol–water partition coefficient (Wildman–Crippen LogP) is 5.67. The molecule has 3 heterocycles. The number of rotatable bonds is 5. The maximum Gasteiger partial charge on any atom is 0.174 e. The molecule has 2 aromatic carbocycles. The fraction of sp³-hybridized carbons (Fsp3) is 0.185. The van der Waals surface area contributed by atoms with Crippen LogP contribution in [-0.2, 0) is 0 Å². The summed E-state index contributed by atoms with van der Waals surface area (Å²) in [5.41, 5.74) is 6.64. The lowest BCUT2D eigenvalue weighted by atomic mass is 10.0. The van der Waals surface area contributed by atoms with Gasteiger partial charge in [-0.1, -0.05) is 24.3 Å². The molecule has 1 N–H and O–H groups in total. The lowest BCUT2D eigenvalue weighted by Gasteiger charge is -2.30. The molecular weight excluding hydrogens is 428 g/mol. The van der Waals surface area contributed by atoms with Gasteiger partial charge in [0, 0.05) is 23.8 Å². The molecule has 33 heavy (non-hydrogen) atoms. The number of hydrogen-bond donors (Lipinski definition) is 1. The first-order valence-corrected chi connectivity index (χ1v) is 11.4. The van der Waals surface area contributed by atoms with E-state index in [1.807, 2.05) is 48.7 Å². The largest absolute Gasteiger partial charge is 0.495 e. The van der Waals surface area contributed by atoms with Crippen molar-refractivity contribution in [3.8, 4) is 11.4 Å². The minimum atomic E-state index is -0.125. The highest BCUT2D eigenvalue weighted by Gasteiger charge is 2.43. The molecule has 1 fully saturated rings. The highest BCUT2D eigenvalue weighted by atomic mass is 32.1. The van der Waals surface area contributed by atoms with E-state index in [0.29, 0.717) is 5.11 Å². The molecule has 1 saturated heterocycles. The highest BCUT2D eigenvalue weighted by molar-refractivity contribution is 7.80. The molecule has 0 aliphatic carbocycles. The topological polar surface area (TPSA) is 42.3 Å². The Hall–Kier alpha value is -3.64. The van der Waals surface area contributed by atoms with E-state index >= 15 is 0 Å². The van der Waals surface area contributed by atoms with Crippen LogP contribution >= 0.6 is 12.2 Å². The van der Waals surface area contributed by atoms with Gasteiger partial charge in [-0.25, -0.2) is 0 Å². The van der Waals surface area contributed by atoms with E-state index < -0.39 is 0 Å². The maximum absolute atomic E-state index is 5.88. The molecule has 0 radical (unpaired) electrons. The van der Waals surface area contributed by atoms with Gasteiger partial charge in [-0.05, 0) is 85.7 Å². The zero-order valence-electron chi connectivity index (χ0n) is 18.9. The molecule has 166 valence electrons. The van der Waals surface area contributed by atoms with E-state index in [1.165, 1.54) is 11.1 Å². The number of anilines is 1. The number of nitrogens with one attached hydrogen (secondary N) is 1. The first kappa shape index (κ1) is 21.2. The van der Waals surface area contributed by atoms with Crippen LogP contribution in [0.5, 0.6) is 5.75 Å². The van der Waals surface area contributed by atoms with Crippen LogP contribution in [0.1, 0.15) is 34.6 Å². The van der Waals surface area contributed by atoms with Crippen molar-refractivity contribution >= 4 is 23.0 Å². The fourth-order valence-electron chi connectivity index (χ4n) is 4.49. The summed E-state index contributed by atoms with van der Waals surface area (Å²) < 4.78 is 7.95. The highest BCUT2D eigenvalue weighted by Crippen LogP contribution is 2.44. The number of nitrogens with zero attached hydrogens (tertiary/aromatic N) is 3. The number of benzene rings is 2. The predicted molar refractivity (Wildman–Crippen MR) is 136 cm³/mol. The number of aryl methyl sites for hydroxylation is 2. The molecule has 2 atom stereocenters. The lowest BCUT2D eigenvalue weighted by molar-refractivity contribution is 0.414. The summed E-state index contributed by atoms with van der Waals surface area (Å²) in [6.45, 7) is 4.28. The molecule has 0 unspecified atom stereocenters. The molecule has 0 bridgehead atoms. The Labute approximate surface area is 199 Å². The second kappa shape index (κ2) is 8.71. The number of methoxy groups -OCH3 is 1. The van der Waals surface area contributed by atoms with E-state index in [-0.39, 0.29) is 12.1 Å². The Bertz CT molecular complexity index is 1300. The molecule has 1 aliphatic rings. The molecule has 5 nitrogen and oxygen atoms in total. The van der Waals surface area contributed by atoms with Crippen LogP contribution in [0.25, 0.3) is 5.69 Å². The van der Waals surface area contributed by atoms with Crippen molar-refractivity contribution < 1.29 is 4.74 Å². The number of para-hydroxylation sites is 2. The third-order valence-corrected chi connectivity index (χ3v) is 6.61. The van der Waals surface area contributed by atoms with Gasteiger partial charge in [-0.2, -0.15) is 0 Å². The summed E-state index contributed by atoms with van der Waals surface area (Å²) in [4.78, 5) is 6.82. The van der Waals surface area contributed by atoms with Crippen molar-refractivity contribution in [2.75, 3.05) is 12.0 Å². The number of thiocarbonyl (C=S) groups is 1. The van der Waals surface area contributed by atoms with Gasteiger partial charge < -0.3 is 19.5 Å². The minimum Gasteiger partial charge on any atom is -0.495 e. The van der Waals surface area contributed by atoms with E-state index in [0.717, 1.165) is 28.5 Å². The van der Waals surface area contributed by atoms with Crippen molar-refractivity contribution in [3.05, 3.63) is 108 Å². The van der Waals surface area contributed by atoms with Crippen LogP contribution in [0, 0.1) is 13.8 Å². The zero-order chi connectivity index (χ0) is 22.9. The normalized spacial score (nSPS) is 17.8. The zero-order valence-corrected chi connectivity index (χ0v) is 19.7. The second-order valence-electron chi connectivity index (χ2n) is 8.24. The summed E-state index contributed by atoms with van der Waals surface area (Å²) in [5.74, 6) is 0.776. The summed E-state index contributed by atoms with van der Waals surface area (Å²) in [6, 6.07) is 24.5. The van der Waals surface area contributed by atoms with Gasteiger partial charge in [0.25, 0.3) is 0 Å². The molecule has 0 saturated carbocycles. The van der Waals surface area contributed by atoms with E-state index in [2.05, 4.69) is 70.1 Å². The summed E-state index contributed by atoms with van der Waals surface area (Å²) in [7, 11) is 1.69. The lowest BCUT2D eigenvalue weighted by Crippen LogP contribution is -2.30. The van der Waals surface area contributed by atoms with Gasteiger partial charge >= 0.3 is 0 Å². The van der Waals surface area contributed by atoms with Crippen molar-refractivity contribution in [2.24, 2.45) is 0 Å². The summed E-state index contributed by atoms with van der Waals surface area (Å²) >= 11 is 5.88. The Morgan fingerprint density at radius 2 is 1.76 bits per heavy atom. The first-order chi connectivity index (χ1) is 16.1. The fourth-order valence-corrected chi connectivity index (χ4v) is 4.83. The van der Waals surface area contributed by atoms with Crippen molar-refractivity contribution in [3.63, 3.8) is 0 Å². The average molecular weight is 455 g/mol. The maximum atomic E-state index is 5.88.